The van der Waals surface area contributed by atoms with E-state index >= 15 is 0 Å². The van der Waals surface area contributed by atoms with E-state index in [0.717, 1.165) is 17.9 Å². The lowest BCUT2D eigenvalue weighted by Crippen LogP contribution is -2.28. The van der Waals surface area contributed by atoms with Crippen LogP contribution in [0.15, 0.2) is 53.8 Å². The number of hydrogen-bond acceptors (Lipinski definition) is 7. The summed E-state index contributed by atoms with van der Waals surface area (Å²) in [6, 6.07) is 11.4. The predicted octanol–water partition coefficient (Wildman–Crippen LogP) is 2.91. The molecule has 0 saturated carbocycles. The van der Waals surface area contributed by atoms with Crippen LogP contribution in [0.5, 0.6) is 5.75 Å². The van der Waals surface area contributed by atoms with Gasteiger partial charge in [0.1, 0.15) is 17.1 Å². The van der Waals surface area contributed by atoms with Gasteiger partial charge in [0.25, 0.3) is 0 Å². The van der Waals surface area contributed by atoms with Crippen molar-refractivity contribution in [3.05, 3.63) is 60.1 Å². The van der Waals surface area contributed by atoms with Gasteiger partial charge >= 0.3 is 0 Å². The minimum Gasteiger partial charge on any atom is -0.497 e. The monoisotopic (exact) mass is 421 g/mol. The van der Waals surface area contributed by atoms with Gasteiger partial charge in [-0.2, -0.15) is 0 Å². The molecular formula is C21H23N7OS. The Morgan fingerprint density at radius 2 is 2.00 bits per heavy atom. The Labute approximate surface area is 180 Å². The van der Waals surface area contributed by atoms with E-state index < -0.39 is 0 Å². The summed E-state index contributed by atoms with van der Waals surface area (Å²) in [6.45, 7) is 3.21. The number of aromatic nitrogens is 3. The molecule has 3 rings (SSSR count). The van der Waals surface area contributed by atoms with E-state index in [9.17, 15) is 0 Å². The SMILES string of the molecule is CCNC(=S)Nc1ccc2ncc(C(C=NCc3ccc(OC)cc3)=CN)nc2n1. The van der Waals surface area contributed by atoms with Crippen LogP contribution in [0.25, 0.3) is 16.7 Å². The Kier molecular flexibility index (Phi) is 7.23. The normalized spacial score (nSPS) is 11.6. The number of hydrogen-bond donors (Lipinski definition) is 3. The van der Waals surface area contributed by atoms with Crippen molar-refractivity contribution in [2.45, 2.75) is 13.5 Å². The standard InChI is InChI=1S/C21H23N7OS/c1-3-24-21(30)28-19-9-8-17-20(27-19)26-18(13-25-17)15(10-22)12-23-11-14-4-6-16(29-2)7-5-14/h4-10,12-13H,3,11,22H2,1-2H3,(H2,24,26,27,28,30). The van der Waals surface area contributed by atoms with Crippen molar-refractivity contribution >= 4 is 46.1 Å². The molecule has 0 aliphatic carbocycles. The van der Waals surface area contributed by atoms with Crippen LogP contribution >= 0.6 is 12.2 Å². The molecule has 0 amide bonds. The van der Waals surface area contributed by atoms with Crippen molar-refractivity contribution < 1.29 is 4.74 Å². The Bertz CT molecular complexity index is 1080. The number of allylic oxidation sites excluding steroid dienone is 1. The fourth-order valence-corrected chi connectivity index (χ4v) is 2.85. The van der Waals surface area contributed by atoms with Gasteiger partial charge in [-0.25, -0.2) is 9.97 Å². The van der Waals surface area contributed by atoms with Crippen LogP contribution in [0.4, 0.5) is 5.82 Å². The summed E-state index contributed by atoms with van der Waals surface area (Å²) < 4.78 is 5.16. The van der Waals surface area contributed by atoms with Gasteiger partial charge in [-0.05, 0) is 49.0 Å². The maximum absolute atomic E-state index is 5.80. The van der Waals surface area contributed by atoms with E-state index in [2.05, 4.69) is 30.6 Å². The first-order valence-corrected chi connectivity index (χ1v) is 9.77. The zero-order chi connectivity index (χ0) is 21.3. The van der Waals surface area contributed by atoms with E-state index in [1.54, 1.807) is 25.6 Å². The molecule has 0 bridgehead atoms. The van der Waals surface area contributed by atoms with Gasteiger partial charge < -0.3 is 21.1 Å². The van der Waals surface area contributed by atoms with Crippen molar-refractivity contribution in [2.75, 3.05) is 19.0 Å². The first-order chi connectivity index (χ1) is 14.6. The molecule has 2 aromatic heterocycles. The van der Waals surface area contributed by atoms with Crippen molar-refractivity contribution in [3.63, 3.8) is 0 Å². The molecule has 0 aliphatic heterocycles. The topological polar surface area (TPSA) is 110 Å². The quantitative estimate of drug-likeness (QED) is 0.395. The number of anilines is 1. The van der Waals surface area contributed by atoms with Gasteiger partial charge in [-0.3, -0.25) is 9.98 Å². The molecule has 0 aliphatic rings. The third kappa shape index (κ3) is 5.48. The fourth-order valence-electron chi connectivity index (χ4n) is 2.60. The molecule has 0 fully saturated rings. The summed E-state index contributed by atoms with van der Waals surface area (Å²) in [5.41, 5.74) is 9.25. The number of nitrogens with two attached hydrogens (primary N) is 1. The molecular weight excluding hydrogens is 398 g/mol. The maximum atomic E-state index is 5.80. The number of thiocarbonyl (C=S) groups is 1. The number of pyridine rings is 1. The summed E-state index contributed by atoms with van der Waals surface area (Å²) >= 11 is 5.20. The zero-order valence-electron chi connectivity index (χ0n) is 16.8. The number of methoxy groups -OCH3 is 1. The second kappa shape index (κ2) is 10.3. The minimum atomic E-state index is 0.486. The molecule has 0 unspecified atom stereocenters. The number of ether oxygens (including phenoxy) is 1. The van der Waals surface area contributed by atoms with Crippen molar-refractivity contribution in [1.82, 2.24) is 20.3 Å². The van der Waals surface area contributed by atoms with Gasteiger partial charge in [-0.1, -0.05) is 12.1 Å². The van der Waals surface area contributed by atoms with E-state index in [-0.39, 0.29) is 0 Å². The van der Waals surface area contributed by atoms with Crippen LogP contribution in [0.2, 0.25) is 0 Å². The second-order valence-electron chi connectivity index (χ2n) is 6.22. The highest BCUT2D eigenvalue weighted by atomic mass is 32.1. The van der Waals surface area contributed by atoms with Gasteiger partial charge in [0.15, 0.2) is 10.8 Å². The third-order valence-electron chi connectivity index (χ3n) is 4.12. The predicted molar refractivity (Wildman–Crippen MR) is 125 cm³/mol. The summed E-state index contributed by atoms with van der Waals surface area (Å²) in [7, 11) is 1.64. The third-order valence-corrected chi connectivity index (χ3v) is 4.37. The Morgan fingerprint density at radius 1 is 1.20 bits per heavy atom. The Morgan fingerprint density at radius 3 is 2.70 bits per heavy atom. The van der Waals surface area contributed by atoms with Crippen LogP contribution < -0.4 is 21.1 Å². The molecule has 154 valence electrons. The molecule has 3 aromatic rings. The summed E-state index contributed by atoms with van der Waals surface area (Å²) in [6.07, 6.45) is 4.79. The highest BCUT2D eigenvalue weighted by Crippen LogP contribution is 2.16. The molecule has 0 saturated heterocycles. The fraction of sp³-hybridized carbons (Fsp3) is 0.190. The molecule has 30 heavy (non-hydrogen) atoms. The summed E-state index contributed by atoms with van der Waals surface area (Å²) in [5, 5.41) is 6.54. The van der Waals surface area contributed by atoms with Gasteiger partial charge in [-0.15, -0.1) is 0 Å². The van der Waals surface area contributed by atoms with Gasteiger partial charge in [0.2, 0.25) is 0 Å². The second-order valence-corrected chi connectivity index (χ2v) is 6.63. The van der Waals surface area contributed by atoms with Crippen LogP contribution in [-0.2, 0) is 6.54 Å². The lowest BCUT2D eigenvalue weighted by atomic mass is 10.2. The largest absolute Gasteiger partial charge is 0.497 e. The van der Waals surface area contributed by atoms with Gasteiger partial charge in [0, 0.05) is 24.5 Å². The molecule has 2 heterocycles. The highest BCUT2D eigenvalue weighted by molar-refractivity contribution is 7.80. The lowest BCUT2D eigenvalue weighted by Gasteiger charge is -2.08. The lowest BCUT2D eigenvalue weighted by molar-refractivity contribution is 0.414. The first-order valence-electron chi connectivity index (χ1n) is 9.36. The first kappa shape index (κ1) is 21.1. The molecule has 0 radical (unpaired) electrons. The molecule has 0 atom stereocenters. The van der Waals surface area contributed by atoms with E-state index in [4.69, 9.17) is 22.7 Å². The van der Waals surface area contributed by atoms with E-state index in [1.807, 2.05) is 37.3 Å². The highest BCUT2D eigenvalue weighted by Gasteiger charge is 2.07. The van der Waals surface area contributed by atoms with Crippen LogP contribution in [0.3, 0.4) is 0 Å². The summed E-state index contributed by atoms with van der Waals surface area (Å²) in [5.74, 6) is 1.40. The maximum Gasteiger partial charge on any atom is 0.180 e. The average Bonchev–Trinajstić information content (AvgIpc) is 2.77. The summed E-state index contributed by atoms with van der Waals surface area (Å²) in [4.78, 5) is 17.9. The smallest absolute Gasteiger partial charge is 0.180 e. The number of fused-ring (bicyclic) bond motifs is 1. The molecule has 1 aromatic carbocycles. The van der Waals surface area contributed by atoms with Crippen molar-refractivity contribution in [1.29, 1.82) is 0 Å². The van der Waals surface area contributed by atoms with Crippen LogP contribution in [-0.4, -0.2) is 39.9 Å². The molecule has 0 spiro atoms. The molecule has 8 nitrogen and oxygen atoms in total. The van der Waals surface area contributed by atoms with Gasteiger partial charge in [0.05, 0.1) is 25.5 Å². The minimum absolute atomic E-state index is 0.486. The molecule has 9 heteroatoms. The zero-order valence-corrected chi connectivity index (χ0v) is 17.6. The number of nitrogens with one attached hydrogen (secondary N) is 2. The van der Waals surface area contributed by atoms with E-state index in [1.165, 1.54) is 6.20 Å². The van der Waals surface area contributed by atoms with Crippen molar-refractivity contribution in [3.8, 4) is 5.75 Å². The Balaban J connectivity index is 1.76. The van der Waals surface area contributed by atoms with E-state index in [0.29, 0.717) is 39.9 Å². The Hall–Kier alpha value is -3.59. The number of rotatable bonds is 7. The number of nitrogens with zero attached hydrogens (tertiary/aromatic N) is 4. The van der Waals surface area contributed by atoms with Crippen molar-refractivity contribution in [2.24, 2.45) is 10.7 Å². The number of aliphatic imine (C=N–C) groups is 1. The number of benzene rings is 1. The average molecular weight is 422 g/mol. The molecule has 4 N–H and O–H groups in total. The van der Waals surface area contributed by atoms with Crippen LogP contribution in [0.1, 0.15) is 18.2 Å². The van der Waals surface area contributed by atoms with Crippen LogP contribution in [0, 0.1) is 0 Å².